The van der Waals surface area contributed by atoms with Crippen LogP contribution in [0.1, 0.15) is 0 Å². The number of nitrogen functional groups attached to an aromatic ring is 1. The van der Waals surface area contributed by atoms with E-state index in [1.54, 1.807) is 24.3 Å². The summed E-state index contributed by atoms with van der Waals surface area (Å²) < 4.78 is 5.44. The molecule has 2 rings (SSSR count). The SMILES string of the molecule is NC(=O)OC(=O)n1ccc2cc(N)ccc21. The van der Waals surface area contributed by atoms with E-state index in [0.29, 0.717) is 11.2 Å². The highest BCUT2D eigenvalue weighted by Gasteiger charge is 2.12. The standard InChI is InChI=1S/C10H9N3O3/c11-7-1-2-8-6(5-7)3-4-13(8)10(15)16-9(12)14/h1-5H,11H2,(H2,12,14). The maximum Gasteiger partial charge on any atom is 0.427 e. The van der Waals surface area contributed by atoms with Crippen LogP contribution in [0.15, 0.2) is 30.5 Å². The lowest BCUT2D eigenvalue weighted by Gasteiger charge is -2.02. The molecule has 0 aliphatic rings. The summed E-state index contributed by atoms with van der Waals surface area (Å²) in [5, 5.41) is 0.779. The summed E-state index contributed by atoms with van der Waals surface area (Å²) in [6.45, 7) is 0. The molecule has 0 radical (unpaired) electrons. The van der Waals surface area contributed by atoms with Gasteiger partial charge < -0.3 is 16.2 Å². The van der Waals surface area contributed by atoms with Gasteiger partial charge in [0.15, 0.2) is 0 Å². The molecular weight excluding hydrogens is 210 g/mol. The number of benzene rings is 1. The normalized spacial score (nSPS) is 10.2. The molecular formula is C10H9N3O3. The molecule has 1 aromatic heterocycles. The highest BCUT2D eigenvalue weighted by molar-refractivity contribution is 5.94. The average molecular weight is 219 g/mol. The monoisotopic (exact) mass is 219 g/mol. The Hall–Kier alpha value is -2.50. The van der Waals surface area contributed by atoms with E-state index in [9.17, 15) is 9.59 Å². The molecule has 0 saturated carbocycles. The van der Waals surface area contributed by atoms with Gasteiger partial charge in [-0.25, -0.2) is 9.59 Å². The highest BCUT2D eigenvalue weighted by atomic mass is 16.6. The minimum absolute atomic E-state index is 0.591. The molecule has 0 saturated heterocycles. The fourth-order valence-electron chi connectivity index (χ4n) is 1.46. The van der Waals surface area contributed by atoms with E-state index < -0.39 is 12.2 Å². The van der Waals surface area contributed by atoms with E-state index in [1.165, 1.54) is 10.8 Å². The summed E-state index contributed by atoms with van der Waals surface area (Å²) in [6.07, 6.45) is -0.496. The first-order valence-electron chi connectivity index (χ1n) is 4.46. The van der Waals surface area contributed by atoms with Gasteiger partial charge >= 0.3 is 12.2 Å². The number of hydrogen-bond acceptors (Lipinski definition) is 4. The van der Waals surface area contributed by atoms with E-state index in [4.69, 9.17) is 11.5 Å². The van der Waals surface area contributed by atoms with Gasteiger partial charge in [-0.3, -0.25) is 4.57 Å². The number of anilines is 1. The number of amides is 1. The summed E-state index contributed by atoms with van der Waals surface area (Å²) in [5.41, 5.74) is 11.5. The van der Waals surface area contributed by atoms with Gasteiger partial charge in [-0.1, -0.05) is 0 Å². The number of ether oxygens (including phenoxy) is 1. The predicted molar refractivity (Wildman–Crippen MR) is 57.8 cm³/mol. The van der Waals surface area contributed by atoms with Gasteiger partial charge in [0, 0.05) is 17.3 Å². The van der Waals surface area contributed by atoms with Crippen molar-refractivity contribution >= 4 is 28.8 Å². The lowest BCUT2D eigenvalue weighted by molar-refractivity contribution is 0.159. The first-order valence-corrected chi connectivity index (χ1v) is 4.46. The number of fused-ring (bicyclic) bond motifs is 1. The molecule has 0 atom stereocenters. The molecule has 0 bridgehead atoms. The zero-order chi connectivity index (χ0) is 11.7. The zero-order valence-electron chi connectivity index (χ0n) is 8.21. The third-order valence-corrected chi connectivity index (χ3v) is 2.10. The second-order valence-electron chi connectivity index (χ2n) is 3.19. The van der Waals surface area contributed by atoms with Crippen LogP contribution in [0.3, 0.4) is 0 Å². The Bertz CT molecular complexity index is 574. The Labute approximate surface area is 90.4 Å². The lowest BCUT2D eigenvalue weighted by atomic mass is 10.2. The number of nitrogens with zero attached hydrogens (tertiary/aromatic N) is 1. The van der Waals surface area contributed by atoms with Gasteiger partial charge in [-0.15, -0.1) is 0 Å². The van der Waals surface area contributed by atoms with E-state index in [2.05, 4.69) is 4.74 Å². The first kappa shape index (κ1) is 10.0. The van der Waals surface area contributed by atoms with Crippen LogP contribution in [-0.4, -0.2) is 16.8 Å². The molecule has 1 amide bonds. The molecule has 6 heteroatoms. The molecule has 1 heterocycles. The smallest absolute Gasteiger partial charge is 0.399 e. The molecule has 0 fully saturated rings. The molecule has 6 nitrogen and oxygen atoms in total. The Balaban J connectivity index is 2.46. The van der Waals surface area contributed by atoms with Crippen LogP contribution >= 0.6 is 0 Å². The number of nitrogens with two attached hydrogens (primary N) is 2. The summed E-state index contributed by atoms with van der Waals surface area (Å²) >= 11 is 0. The minimum Gasteiger partial charge on any atom is -0.399 e. The maximum absolute atomic E-state index is 11.4. The molecule has 16 heavy (non-hydrogen) atoms. The van der Waals surface area contributed by atoms with Crippen molar-refractivity contribution in [2.45, 2.75) is 0 Å². The quantitative estimate of drug-likeness (QED) is 0.514. The minimum atomic E-state index is -1.14. The van der Waals surface area contributed by atoms with Gasteiger partial charge in [-0.05, 0) is 24.3 Å². The van der Waals surface area contributed by atoms with Crippen molar-refractivity contribution in [1.29, 1.82) is 0 Å². The Kier molecular flexibility index (Phi) is 2.24. The van der Waals surface area contributed by atoms with Crippen LogP contribution in [0.25, 0.3) is 10.9 Å². The second kappa shape index (κ2) is 3.58. The summed E-state index contributed by atoms with van der Waals surface area (Å²) in [7, 11) is 0. The summed E-state index contributed by atoms with van der Waals surface area (Å²) in [6, 6.07) is 6.71. The molecule has 0 aliphatic heterocycles. The first-order chi connectivity index (χ1) is 7.58. The van der Waals surface area contributed by atoms with Gasteiger partial charge in [0.05, 0.1) is 5.52 Å². The van der Waals surface area contributed by atoms with Crippen LogP contribution in [0.5, 0.6) is 0 Å². The number of aromatic nitrogens is 1. The fraction of sp³-hybridized carbons (Fsp3) is 0. The van der Waals surface area contributed by atoms with Crippen molar-refractivity contribution in [2.75, 3.05) is 5.73 Å². The Morgan fingerprint density at radius 2 is 2.00 bits per heavy atom. The fourth-order valence-corrected chi connectivity index (χ4v) is 1.46. The molecule has 0 unspecified atom stereocenters. The Morgan fingerprint density at radius 1 is 1.25 bits per heavy atom. The number of carbonyl (C=O) groups is 2. The zero-order valence-corrected chi connectivity index (χ0v) is 8.21. The van der Waals surface area contributed by atoms with Crippen LogP contribution in [0.2, 0.25) is 0 Å². The Morgan fingerprint density at radius 3 is 2.69 bits per heavy atom. The van der Waals surface area contributed by atoms with Crippen molar-refractivity contribution in [3.05, 3.63) is 30.5 Å². The van der Waals surface area contributed by atoms with Crippen molar-refractivity contribution in [3.8, 4) is 0 Å². The van der Waals surface area contributed by atoms with E-state index in [1.807, 2.05) is 0 Å². The summed E-state index contributed by atoms with van der Waals surface area (Å²) in [4.78, 5) is 21.9. The average Bonchev–Trinajstić information content (AvgIpc) is 2.59. The number of rotatable bonds is 0. The number of carbonyl (C=O) groups excluding carboxylic acids is 2. The molecule has 4 N–H and O–H groups in total. The second-order valence-corrected chi connectivity index (χ2v) is 3.19. The topological polar surface area (TPSA) is 100 Å². The van der Waals surface area contributed by atoms with Crippen molar-refractivity contribution in [2.24, 2.45) is 5.73 Å². The van der Waals surface area contributed by atoms with E-state index >= 15 is 0 Å². The summed E-state index contributed by atoms with van der Waals surface area (Å²) in [5.74, 6) is 0. The lowest BCUT2D eigenvalue weighted by Crippen LogP contribution is -2.21. The molecule has 82 valence electrons. The van der Waals surface area contributed by atoms with Crippen molar-refractivity contribution in [1.82, 2.24) is 4.57 Å². The molecule has 0 spiro atoms. The van der Waals surface area contributed by atoms with Crippen LogP contribution < -0.4 is 11.5 Å². The van der Waals surface area contributed by atoms with Crippen LogP contribution in [0.4, 0.5) is 15.3 Å². The third-order valence-electron chi connectivity index (χ3n) is 2.10. The van der Waals surface area contributed by atoms with Gasteiger partial charge in [0.25, 0.3) is 0 Å². The van der Waals surface area contributed by atoms with E-state index in [-0.39, 0.29) is 0 Å². The molecule has 0 aliphatic carbocycles. The van der Waals surface area contributed by atoms with Crippen molar-refractivity contribution in [3.63, 3.8) is 0 Å². The molecule has 2 aromatic rings. The molecule has 1 aromatic carbocycles. The number of primary amides is 1. The number of hydrogen-bond donors (Lipinski definition) is 2. The van der Waals surface area contributed by atoms with E-state index in [0.717, 1.165) is 5.39 Å². The van der Waals surface area contributed by atoms with Gasteiger partial charge in [0.2, 0.25) is 0 Å². The largest absolute Gasteiger partial charge is 0.427 e. The van der Waals surface area contributed by atoms with Gasteiger partial charge in [0.1, 0.15) is 0 Å². The van der Waals surface area contributed by atoms with Crippen LogP contribution in [0, 0.1) is 0 Å². The van der Waals surface area contributed by atoms with Crippen LogP contribution in [-0.2, 0) is 4.74 Å². The highest BCUT2D eigenvalue weighted by Crippen LogP contribution is 2.18. The van der Waals surface area contributed by atoms with Crippen molar-refractivity contribution < 1.29 is 14.3 Å². The predicted octanol–water partition coefficient (Wildman–Crippen LogP) is 1.29. The maximum atomic E-state index is 11.4. The third kappa shape index (κ3) is 1.68. The van der Waals surface area contributed by atoms with Gasteiger partial charge in [-0.2, -0.15) is 0 Å².